The third kappa shape index (κ3) is 4.04. The van der Waals surface area contributed by atoms with Crippen LogP contribution < -0.4 is 11.1 Å². The Bertz CT molecular complexity index is 387. The molecule has 0 atom stereocenters. The lowest BCUT2D eigenvalue weighted by atomic mass is 10.3. The predicted molar refractivity (Wildman–Crippen MR) is 71.4 cm³/mol. The van der Waals surface area contributed by atoms with Crippen LogP contribution in [0.3, 0.4) is 0 Å². The summed E-state index contributed by atoms with van der Waals surface area (Å²) >= 11 is 0. The number of benzene rings is 1. The van der Waals surface area contributed by atoms with Crippen LogP contribution in [-0.2, 0) is 6.54 Å². The topological polar surface area (TPSA) is 51.2 Å². The van der Waals surface area contributed by atoms with E-state index in [9.17, 15) is 0 Å². The molecule has 5 heteroatoms. The molecular formula is C11H14Cl2N2O. The van der Waals surface area contributed by atoms with E-state index < -0.39 is 0 Å². The number of hydrogen-bond acceptors (Lipinski definition) is 3. The van der Waals surface area contributed by atoms with E-state index in [2.05, 4.69) is 5.32 Å². The van der Waals surface area contributed by atoms with Gasteiger partial charge in [-0.15, -0.1) is 24.8 Å². The highest BCUT2D eigenvalue weighted by atomic mass is 35.5. The molecule has 0 saturated heterocycles. The van der Waals surface area contributed by atoms with Gasteiger partial charge in [0.1, 0.15) is 5.76 Å². The van der Waals surface area contributed by atoms with Crippen molar-refractivity contribution in [3.05, 3.63) is 48.4 Å². The van der Waals surface area contributed by atoms with Crippen LogP contribution in [0, 0.1) is 0 Å². The highest BCUT2D eigenvalue weighted by molar-refractivity contribution is 5.85. The Kier molecular flexibility index (Phi) is 6.46. The first kappa shape index (κ1) is 14.7. The first-order chi connectivity index (χ1) is 6.84. The highest BCUT2D eigenvalue weighted by Crippen LogP contribution is 2.12. The van der Waals surface area contributed by atoms with Crippen molar-refractivity contribution < 1.29 is 4.42 Å². The van der Waals surface area contributed by atoms with E-state index >= 15 is 0 Å². The molecule has 0 saturated carbocycles. The average molecular weight is 261 g/mol. The Morgan fingerprint density at radius 1 is 1.06 bits per heavy atom. The number of hydrogen-bond donors (Lipinski definition) is 2. The summed E-state index contributed by atoms with van der Waals surface area (Å²) in [6.07, 6.45) is 1.67. The number of nitrogen functional groups attached to an aromatic ring is 1. The van der Waals surface area contributed by atoms with E-state index in [0.29, 0.717) is 6.54 Å². The first-order valence-corrected chi connectivity index (χ1v) is 4.46. The van der Waals surface area contributed by atoms with Crippen molar-refractivity contribution in [2.45, 2.75) is 6.54 Å². The summed E-state index contributed by atoms with van der Waals surface area (Å²) in [4.78, 5) is 0. The van der Waals surface area contributed by atoms with Gasteiger partial charge in [0, 0.05) is 11.4 Å². The van der Waals surface area contributed by atoms with E-state index in [1.165, 1.54) is 0 Å². The third-order valence-electron chi connectivity index (χ3n) is 1.96. The monoisotopic (exact) mass is 260 g/mol. The van der Waals surface area contributed by atoms with Crippen molar-refractivity contribution in [3.63, 3.8) is 0 Å². The van der Waals surface area contributed by atoms with E-state index in [1.807, 2.05) is 36.4 Å². The number of rotatable bonds is 3. The summed E-state index contributed by atoms with van der Waals surface area (Å²) in [6, 6.07) is 11.4. The Labute approximate surface area is 107 Å². The lowest BCUT2D eigenvalue weighted by Gasteiger charge is -2.03. The molecule has 2 aromatic rings. The van der Waals surface area contributed by atoms with Crippen molar-refractivity contribution in [1.29, 1.82) is 0 Å². The zero-order valence-electron chi connectivity index (χ0n) is 8.55. The first-order valence-electron chi connectivity index (χ1n) is 4.46. The molecule has 0 unspecified atom stereocenters. The minimum atomic E-state index is 0. The van der Waals surface area contributed by atoms with E-state index in [1.54, 1.807) is 6.26 Å². The second kappa shape index (κ2) is 7.04. The van der Waals surface area contributed by atoms with Gasteiger partial charge in [0.15, 0.2) is 0 Å². The molecule has 2 rings (SSSR count). The van der Waals surface area contributed by atoms with Gasteiger partial charge in [0.25, 0.3) is 0 Å². The number of halogens is 2. The molecule has 88 valence electrons. The van der Waals surface area contributed by atoms with Gasteiger partial charge in [-0.2, -0.15) is 0 Å². The van der Waals surface area contributed by atoms with Crippen LogP contribution in [0.15, 0.2) is 47.1 Å². The van der Waals surface area contributed by atoms with Gasteiger partial charge in [-0.3, -0.25) is 0 Å². The number of furan rings is 1. The average Bonchev–Trinajstić information content (AvgIpc) is 2.70. The Hall–Kier alpha value is -1.32. The molecule has 1 heterocycles. The summed E-state index contributed by atoms with van der Waals surface area (Å²) < 4.78 is 5.19. The molecule has 16 heavy (non-hydrogen) atoms. The quantitative estimate of drug-likeness (QED) is 0.833. The maximum absolute atomic E-state index is 5.57. The second-order valence-corrected chi connectivity index (χ2v) is 3.05. The molecule has 0 spiro atoms. The van der Waals surface area contributed by atoms with Gasteiger partial charge in [0.05, 0.1) is 12.8 Å². The van der Waals surface area contributed by atoms with Gasteiger partial charge in [0.2, 0.25) is 0 Å². The van der Waals surface area contributed by atoms with Crippen LogP contribution >= 0.6 is 24.8 Å². The third-order valence-corrected chi connectivity index (χ3v) is 1.96. The molecule has 0 aliphatic heterocycles. The largest absolute Gasteiger partial charge is 0.467 e. The minimum Gasteiger partial charge on any atom is -0.467 e. The van der Waals surface area contributed by atoms with Crippen molar-refractivity contribution in [2.75, 3.05) is 11.1 Å². The molecule has 0 aliphatic carbocycles. The van der Waals surface area contributed by atoms with Crippen LogP contribution in [-0.4, -0.2) is 0 Å². The SMILES string of the molecule is Cl.Cl.Nc1ccc(NCc2ccco2)cc1. The molecule has 1 aromatic carbocycles. The normalized spacial score (nSPS) is 8.75. The maximum Gasteiger partial charge on any atom is 0.122 e. The fourth-order valence-corrected chi connectivity index (χ4v) is 1.20. The van der Waals surface area contributed by atoms with Gasteiger partial charge in [-0.25, -0.2) is 0 Å². The molecule has 0 radical (unpaired) electrons. The molecule has 0 amide bonds. The van der Waals surface area contributed by atoms with Gasteiger partial charge in [-0.1, -0.05) is 0 Å². The summed E-state index contributed by atoms with van der Waals surface area (Å²) in [5, 5.41) is 3.22. The van der Waals surface area contributed by atoms with Crippen LogP contribution in [0.1, 0.15) is 5.76 Å². The van der Waals surface area contributed by atoms with Gasteiger partial charge in [-0.05, 0) is 36.4 Å². The Balaban J connectivity index is 0.00000112. The molecule has 0 bridgehead atoms. The zero-order valence-corrected chi connectivity index (χ0v) is 10.2. The maximum atomic E-state index is 5.57. The van der Waals surface area contributed by atoms with Crippen LogP contribution in [0.25, 0.3) is 0 Å². The number of nitrogens with one attached hydrogen (secondary N) is 1. The van der Waals surface area contributed by atoms with Crippen molar-refractivity contribution in [2.24, 2.45) is 0 Å². The van der Waals surface area contributed by atoms with Crippen molar-refractivity contribution >= 4 is 36.2 Å². The zero-order chi connectivity index (χ0) is 9.80. The molecule has 3 nitrogen and oxygen atoms in total. The number of anilines is 2. The predicted octanol–water partition coefficient (Wildman–Crippen LogP) is 3.32. The van der Waals surface area contributed by atoms with E-state index in [-0.39, 0.29) is 24.8 Å². The molecule has 1 aromatic heterocycles. The molecular weight excluding hydrogens is 247 g/mol. The second-order valence-electron chi connectivity index (χ2n) is 3.05. The van der Waals surface area contributed by atoms with E-state index in [4.69, 9.17) is 10.2 Å². The smallest absolute Gasteiger partial charge is 0.122 e. The fourth-order valence-electron chi connectivity index (χ4n) is 1.20. The van der Waals surface area contributed by atoms with Crippen LogP contribution in [0.5, 0.6) is 0 Å². The molecule has 0 fully saturated rings. The van der Waals surface area contributed by atoms with Crippen LogP contribution in [0.2, 0.25) is 0 Å². The van der Waals surface area contributed by atoms with Gasteiger partial charge >= 0.3 is 0 Å². The minimum absolute atomic E-state index is 0. The van der Waals surface area contributed by atoms with Crippen LogP contribution in [0.4, 0.5) is 11.4 Å². The summed E-state index contributed by atoms with van der Waals surface area (Å²) in [5.41, 5.74) is 7.38. The fraction of sp³-hybridized carbons (Fsp3) is 0.0909. The molecule has 3 N–H and O–H groups in total. The number of nitrogens with two attached hydrogens (primary N) is 1. The van der Waals surface area contributed by atoms with Crippen molar-refractivity contribution in [3.8, 4) is 0 Å². The summed E-state index contributed by atoms with van der Waals surface area (Å²) in [7, 11) is 0. The van der Waals surface area contributed by atoms with Gasteiger partial charge < -0.3 is 15.5 Å². The Morgan fingerprint density at radius 3 is 2.31 bits per heavy atom. The Morgan fingerprint density at radius 2 is 1.75 bits per heavy atom. The summed E-state index contributed by atoms with van der Waals surface area (Å²) in [5.74, 6) is 0.918. The molecule has 0 aliphatic rings. The lowest BCUT2D eigenvalue weighted by Crippen LogP contribution is -1.97. The summed E-state index contributed by atoms with van der Waals surface area (Å²) in [6.45, 7) is 0.691. The van der Waals surface area contributed by atoms with E-state index in [0.717, 1.165) is 17.1 Å². The standard InChI is InChI=1S/C11H12N2O.2ClH/c12-9-3-5-10(6-4-9)13-8-11-2-1-7-14-11;;/h1-7,13H,8,12H2;2*1H. The highest BCUT2D eigenvalue weighted by Gasteiger charge is 1.95. The lowest BCUT2D eigenvalue weighted by molar-refractivity contribution is 0.518. The van der Waals surface area contributed by atoms with Crippen molar-refractivity contribution in [1.82, 2.24) is 0 Å².